The molecule has 1 saturated heterocycles. The molecule has 0 aliphatic carbocycles. The zero-order valence-electron chi connectivity index (χ0n) is 11.5. The second-order valence-corrected chi connectivity index (χ2v) is 5.18. The molecule has 2 rings (SSSR count). The summed E-state index contributed by atoms with van der Waals surface area (Å²) in [7, 11) is 0. The number of piperidine rings is 1. The third kappa shape index (κ3) is 4.88. The standard InChI is InChI=1S/C14H21NO3.ClH/c1-11-5-7-15(8-6-11)10-12(2)18-14(16)13-4-3-9-17-13;/h3-4,9,11-12H,5-8,10H2,1-2H3;1H/p-1. The number of nitrogens with zero attached hydrogens (tertiary/aromatic N) is 1. The molecular formula is C14H21ClNO3-. The van der Waals surface area contributed by atoms with Crippen molar-refractivity contribution in [3.8, 4) is 0 Å². The molecule has 1 aliphatic heterocycles. The van der Waals surface area contributed by atoms with Gasteiger partial charge in [-0.2, -0.15) is 0 Å². The molecule has 0 amide bonds. The minimum atomic E-state index is -0.377. The van der Waals surface area contributed by atoms with Gasteiger partial charge >= 0.3 is 5.97 Å². The fourth-order valence-electron chi connectivity index (χ4n) is 2.28. The van der Waals surface area contributed by atoms with Gasteiger partial charge in [0.25, 0.3) is 0 Å². The molecule has 0 spiro atoms. The van der Waals surface area contributed by atoms with Gasteiger partial charge in [0, 0.05) is 6.54 Å². The summed E-state index contributed by atoms with van der Waals surface area (Å²) in [4.78, 5) is 14.0. The highest BCUT2D eigenvalue weighted by atomic mass is 35.5. The van der Waals surface area contributed by atoms with Crippen LogP contribution in [0.2, 0.25) is 0 Å². The minimum absolute atomic E-state index is 0. The molecule has 0 aromatic carbocycles. The van der Waals surface area contributed by atoms with Crippen molar-refractivity contribution < 1.29 is 26.4 Å². The number of hydrogen-bond donors (Lipinski definition) is 0. The van der Waals surface area contributed by atoms with Crippen LogP contribution < -0.4 is 12.4 Å². The Balaban J connectivity index is 0.00000180. The van der Waals surface area contributed by atoms with E-state index in [9.17, 15) is 4.79 Å². The Bertz CT molecular complexity index is 372. The fourth-order valence-corrected chi connectivity index (χ4v) is 2.28. The highest BCUT2D eigenvalue weighted by Crippen LogP contribution is 2.16. The lowest BCUT2D eigenvalue weighted by molar-refractivity contribution is -0.0000471. The number of furan rings is 1. The van der Waals surface area contributed by atoms with Crippen LogP contribution in [0.15, 0.2) is 22.8 Å². The predicted octanol–water partition coefficient (Wildman–Crippen LogP) is -0.439. The van der Waals surface area contributed by atoms with E-state index >= 15 is 0 Å². The average molecular weight is 287 g/mol. The molecule has 0 saturated carbocycles. The Labute approximate surface area is 120 Å². The first-order valence-electron chi connectivity index (χ1n) is 6.62. The highest BCUT2D eigenvalue weighted by Gasteiger charge is 2.20. The Morgan fingerprint density at radius 3 is 2.79 bits per heavy atom. The molecule has 5 heteroatoms. The number of hydrogen-bond acceptors (Lipinski definition) is 4. The maximum Gasteiger partial charge on any atom is 0.374 e. The Kier molecular flexibility index (Phi) is 6.38. The van der Waals surface area contributed by atoms with E-state index in [1.807, 2.05) is 6.92 Å². The van der Waals surface area contributed by atoms with Crippen LogP contribution in [0.4, 0.5) is 0 Å². The molecule has 0 N–H and O–H groups in total. The molecule has 0 radical (unpaired) electrons. The van der Waals surface area contributed by atoms with Crippen LogP contribution in [0.5, 0.6) is 0 Å². The Morgan fingerprint density at radius 2 is 2.21 bits per heavy atom. The van der Waals surface area contributed by atoms with Crippen molar-refractivity contribution in [2.45, 2.75) is 32.8 Å². The van der Waals surface area contributed by atoms with Crippen LogP contribution >= 0.6 is 0 Å². The SMILES string of the molecule is CC1CCN(CC(C)OC(=O)c2ccco2)CC1.[Cl-]. The lowest BCUT2D eigenvalue weighted by Gasteiger charge is -2.31. The summed E-state index contributed by atoms with van der Waals surface area (Å²) < 4.78 is 10.4. The van der Waals surface area contributed by atoms with Gasteiger partial charge in [-0.05, 0) is 50.9 Å². The molecule has 19 heavy (non-hydrogen) atoms. The van der Waals surface area contributed by atoms with E-state index in [1.54, 1.807) is 12.1 Å². The van der Waals surface area contributed by atoms with Crippen LogP contribution in [0.1, 0.15) is 37.2 Å². The van der Waals surface area contributed by atoms with E-state index in [-0.39, 0.29) is 30.2 Å². The van der Waals surface area contributed by atoms with E-state index in [1.165, 1.54) is 19.1 Å². The molecule has 1 unspecified atom stereocenters. The summed E-state index contributed by atoms with van der Waals surface area (Å²) in [6.45, 7) is 7.23. The van der Waals surface area contributed by atoms with E-state index in [0.29, 0.717) is 0 Å². The number of likely N-dealkylation sites (tertiary alicyclic amines) is 1. The molecule has 0 bridgehead atoms. The van der Waals surface area contributed by atoms with Crippen molar-refractivity contribution >= 4 is 5.97 Å². The van der Waals surface area contributed by atoms with Crippen LogP contribution in [0.3, 0.4) is 0 Å². The first kappa shape index (κ1) is 16.1. The number of halogens is 1. The van der Waals surface area contributed by atoms with Gasteiger partial charge in [0.1, 0.15) is 6.10 Å². The van der Waals surface area contributed by atoms with Crippen molar-refractivity contribution in [3.05, 3.63) is 24.2 Å². The number of carbonyl (C=O) groups excluding carboxylic acids is 1. The predicted molar refractivity (Wildman–Crippen MR) is 68.4 cm³/mol. The van der Waals surface area contributed by atoms with Gasteiger partial charge in [0.15, 0.2) is 0 Å². The largest absolute Gasteiger partial charge is 1.00 e. The summed E-state index contributed by atoms with van der Waals surface area (Å²) in [6, 6.07) is 3.31. The molecule has 108 valence electrons. The fraction of sp³-hybridized carbons (Fsp3) is 0.643. The van der Waals surface area contributed by atoms with Crippen molar-refractivity contribution in [2.24, 2.45) is 5.92 Å². The average Bonchev–Trinajstić information content (AvgIpc) is 2.85. The highest BCUT2D eigenvalue weighted by molar-refractivity contribution is 5.86. The molecule has 4 nitrogen and oxygen atoms in total. The number of esters is 1. The van der Waals surface area contributed by atoms with Crippen molar-refractivity contribution in [2.75, 3.05) is 19.6 Å². The molecule has 1 aromatic rings. The van der Waals surface area contributed by atoms with Crippen molar-refractivity contribution in [1.82, 2.24) is 4.90 Å². The van der Waals surface area contributed by atoms with Crippen LogP contribution in [0.25, 0.3) is 0 Å². The van der Waals surface area contributed by atoms with Gasteiger partial charge < -0.3 is 21.6 Å². The number of rotatable bonds is 4. The number of carbonyl (C=O) groups is 1. The lowest BCUT2D eigenvalue weighted by atomic mass is 9.99. The molecule has 1 aromatic heterocycles. The van der Waals surface area contributed by atoms with Gasteiger partial charge in [-0.15, -0.1) is 0 Å². The maximum atomic E-state index is 11.7. The maximum absolute atomic E-state index is 11.7. The summed E-state index contributed by atoms with van der Waals surface area (Å²) >= 11 is 0. The van der Waals surface area contributed by atoms with Crippen molar-refractivity contribution in [1.29, 1.82) is 0 Å². The van der Waals surface area contributed by atoms with Gasteiger partial charge in [0.2, 0.25) is 5.76 Å². The normalized spacial score (nSPS) is 18.6. The molecule has 1 fully saturated rings. The molecule has 1 atom stereocenters. The summed E-state index contributed by atoms with van der Waals surface area (Å²) in [5.74, 6) is 0.717. The van der Waals surface area contributed by atoms with E-state index in [0.717, 1.165) is 25.6 Å². The van der Waals surface area contributed by atoms with Crippen LogP contribution in [-0.4, -0.2) is 36.6 Å². The minimum Gasteiger partial charge on any atom is -1.00 e. The zero-order valence-corrected chi connectivity index (χ0v) is 12.2. The zero-order chi connectivity index (χ0) is 13.0. The van der Waals surface area contributed by atoms with Gasteiger partial charge in [-0.3, -0.25) is 4.90 Å². The van der Waals surface area contributed by atoms with Crippen molar-refractivity contribution in [3.63, 3.8) is 0 Å². The van der Waals surface area contributed by atoms with Crippen LogP contribution in [-0.2, 0) is 4.74 Å². The smallest absolute Gasteiger partial charge is 0.374 e. The first-order chi connectivity index (χ1) is 8.65. The quantitative estimate of drug-likeness (QED) is 0.704. The topological polar surface area (TPSA) is 42.7 Å². The Hall–Kier alpha value is -1.00. The van der Waals surface area contributed by atoms with E-state index < -0.39 is 0 Å². The molecule has 2 heterocycles. The Morgan fingerprint density at radius 1 is 1.53 bits per heavy atom. The third-order valence-electron chi connectivity index (χ3n) is 3.42. The van der Waals surface area contributed by atoms with Gasteiger partial charge in [-0.25, -0.2) is 4.79 Å². The molecule has 1 aliphatic rings. The summed E-state index contributed by atoms with van der Waals surface area (Å²) in [5.41, 5.74) is 0. The third-order valence-corrected chi connectivity index (χ3v) is 3.42. The van der Waals surface area contributed by atoms with Gasteiger partial charge in [0.05, 0.1) is 6.26 Å². The second kappa shape index (κ2) is 7.56. The first-order valence-corrected chi connectivity index (χ1v) is 6.62. The lowest BCUT2D eigenvalue weighted by Crippen LogP contribution is -3.00. The van der Waals surface area contributed by atoms with E-state index in [2.05, 4.69) is 11.8 Å². The monoisotopic (exact) mass is 286 g/mol. The molecular weight excluding hydrogens is 266 g/mol. The van der Waals surface area contributed by atoms with Gasteiger partial charge in [-0.1, -0.05) is 6.92 Å². The summed E-state index contributed by atoms with van der Waals surface area (Å²) in [6.07, 6.45) is 3.85. The second-order valence-electron chi connectivity index (χ2n) is 5.18. The number of ether oxygens (including phenoxy) is 1. The van der Waals surface area contributed by atoms with Crippen LogP contribution in [0, 0.1) is 5.92 Å². The summed E-state index contributed by atoms with van der Waals surface area (Å²) in [5, 5.41) is 0. The van der Waals surface area contributed by atoms with E-state index in [4.69, 9.17) is 9.15 Å².